The molecule has 3 heterocycles. The summed E-state index contributed by atoms with van der Waals surface area (Å²) in [6.45, 7) is 3.44. The smallest absolute Gasteiger partial charge is 0.322 e. The number of aromatic nitrogens is 2. The molecule has 1 saturated heterocycles. The van der Waals surface area contributed by atoms with E-state index in [9.17, 15) is 4.79 Å². The van der Waals surface area contributed by atoms with Gasteiger partial charge in [0.15, 0.2) is 0 Å². The first-order valence-electron chi connectivity index (χ1n) is 11.0. The molecule has 1 atom stereocenters. The standard InChI is InChI=1S/C26H26N4O3/c1-18-6-3-8-20(14-18)28-26(31)29-12-13-33-24(16-29)25-23-11-5-10-22(30(23)17-27-25)19-7-4-9-21(15-19)32-2/h3-11,14-15,17,24H,12-13,16H2,1-2H3,(H,28,31)/t24-/m1/s1. The number of methoxy groups -OCH3 is 1. The third kappa shape index (κ3) is 4.27. The van der Waals surface area contributed by atoms with Crippen LogP contribution in [0.1, 0.15) is 17.4 Å². The number of benzene rings is 2. The van der Waals surface area contributed by atoms with Crippen molar-refractivity contribution in [3.8, 4) is 17.0 Å². The number of carbonyl (C=O) groups is 1. The van der Waals surface area contributed by atoms with Gasteiger partial charge in [-0.05, 0) is 48.9 Å². The first-order valence-corrected chi connectivity index (χ1v) is 11.0. The van der Waals surface area contributed by atoms with Crippen molar-refractivity contribution in [2.75, 3.05) is 32.1 Å². The second kappa shape index (κ2) is 8.96. The maximum Gasteiger partial charge on any atom is 0.322 e. The Kier molecular flexibility index (Phi) is 5.71. The largest absolute Gasteiger partial charge is 0.497 e. The molecule has 0 bridgehead atoms. The summed E-state index contributed by atoms with van der Waals surface area (Å²) in [4.78, 5) is 19.3. The van der Waals surface area contributed by atoms with Gasteiger partial charge in [0.2, 0.25) is 0 Å². The van der Waals surface area contributed by atoms with Crippen LogP contribution >= 0.6 is 0 Å². The highest BCUT2D eigenvalue weighted by Gasteiger charge is 2.28. The lowest BCUT2D eigenvalue weighted by Crippen LogP contribution is -2.44. The minimum Gasteiger partial charge on any atom is -0.497 e. The average molecular weight is 443 g/mol. The van der Waals surface area contributed by atoms with Crippen LogP contribution in [0.5, 0.6) is 5.75 Å². The monoisotopic (exact) mass is 442 g/mol. The fraction of sp³-hybridized carbons (Fsp3) is 0.231. The number of rotatable bonds is 4. The van der Waals surface area contributed by atoms with Crippen molar-refractivity contribution in [2.24, 2.45) is 0 Å². The highest BCUT2D eigenvalue weighted by molar-refractivity contribution is 5.89. The van der Waals surface area contributed by atoms with Gasteiger partial charge in [-0.2, -0.15) is 0 Å². The summed E-state index contributed by atoms with van der Waals surface area (Å²) >= 11 is 0. The van der Waals surface area contributed by atoms with Gasteiger partial charge in [0.25, 0.3) is 0 Å². The fourth-order valence-corrected chi connectivity index (χ4v) is 4.23. The van der Waals surface area contributed by atoms with E-state index in [0.29, 0.717) is 19.7 Å². The van der Waals surface area contributed by atoms with Gasteiger partial charge in [0, 0.05) is 17.8 Å². The van der Waals surface area contributed by atoms with E-state index in [0.717, 1.165) is 39.5 Å². The van der Waals surface area contributed by atoms with Crippen molar-refractivity contribution >= 4 is 17.2 Å². The number of carbonyl (C=O) groups excluding carboxylic acids is 1. The summed E-state index contributed by atoms with van der Waals surface area (Å²) in [6, 6.07) is 21.7. The average Bonchev–Trinajstić information content (AvgIpc) is 3.28. The number of anilines is 1. The van der Waals surface area contributed by atoms with Crippen molar-refractivity contribution in [2.45, 2.75) is 13.0 Å². The molecule has 0 radical (unpaired) electrons. The summed E-state index contributed by atoms with van der Waals surface area (Å²) in [7, 11) is 1.66. The van der Waals surface area contributed by atoms with Crippen LogP contribution in [0.15, 0.2) is 73.1 Å². The number of imidazole rings is 1. The van der Waals surface area contributed by atoms with E-state index in [-0.39, 0.29) is 12.1 Å². The van der Waals surface area contributed by atoms with Gasteiger partial charge in [-0.25, -0.2) is 9.78 Å². The molecule has 1 fully saturated rings. The Morgan fingerprint density at radius 1 is 1.12 bits per heavy atom. The molecular formula is C26H26N4O3. The van der Waals surface area contributed by atoms with Crippen LogP contribution in [-0.2, 0) is 4.74 Å². The third-order valence-corrected chi connectivity index (χ3v) is 5.90. The predicted molar refractivity (Wildman–Crippen MR) is 128 cm³/mol. The SMILES string of the molecule is COc1cccc(-c2cccc3c([C@H]4CN(C(=O)Nc5cccc(C)c5)CCO4)ncn23)c1. The lowest BCUT2D eigenvalue weighted by atomic mass is 10.1. The van der Waals surface area contributed by atoms with Crippen LogP contribution in [0.4, 0.5) is 10.5 Å². The molecule has 4 aromatic rings. The molecule has 2 aromatic carbocycles. The lowest BCUT2D eigenvalue weighted by Gasteiger charge is -2.32. The molecule has 0 spiro atoms. The van der Waals surface area contributed by atoms with E-state index in [1.807, 2.05) is 73.9 Å². The second-order valence-corrected chi connectivity index (χ2v) is 8.13. The molecule has 7 heteroatoms. The van der Waals surface area contributed by atoms with Gasteiger partial charge in [0.05, 0.1) is 37.2 Å². The van der Waals surface area contributed by atoms with Crippen molar-refractivity contribution in [3.05, 3.63) is 84.3 Å². The number of hydrogen-bond donors (Lipinski definition) is 1. The van der Waals surface area contributed by atoms with Gasteiger partial charge >= 0.3 is 6.03 Å². The number of amides is 2. The molecule has 1 N–H and O–H groups in total. The molecule has 1 aliphatic heterocycles. The summed E-state index contributed by atoms with van der Waals surface area (Å²) in [5, 5.41) is 2.99. The van der Waals surface area contributed by atoms with Crippen molar-refractivity contribution in [1.29, 1.82) is 0 Å². The number of hydrogen-bond acceptors (Lipinski definition) is 4. The topological polar surface area (TPSA) is 68.1 Å². The minimum atomic E-state index is -0.299. The van der Waals surface area contributed by atoms with Crippen LogP contribution in [0.3, 0.4) is 0 Å². The highest BCUT2D eigenvalue weighted by Crippen LogP contribution is 2.30. The highest BCUT2D eigenvalue weighted by atomic mass is 16.5. The summed E-state index contributed by atoms with van der Waals surface area (Å²) in [5.41, 5.74) is 5.72. The molecule has 0 aliphatic carbocycles. The number of urea groups is 1. The van der Waals surface area contributed by atoms with Crippen LogP contribution in [-0.4, -0.2) is 47.1 Å². The molecule has 2 aromatic heterocycles. The van der Waals surface area contributed by atoms with Gasteiger partial charge < -0.3 is 19.7 Å². The molecule has 168 valence electrons. The Morgan fingerprint density at radius 3 is 2.82 bits per heavy atom. The van der Waals surface area contributed by atoms with Crippen molar-refractivity contribution in [1.82, 2.24) is 14.3 Å². The maximum absolute atomic E-state index is 12.9. The van der Waals surface area contributed by atoms with Crippen LogP contribution in [0, 0.1) is 6.92 Å². The molecule has 7 nitrogen and oxygen atoms in total. The Morgan fingerprint density at radius 2 is 1.97 bits per heavy atom. The number of morpholine rings is 1. The number of fused-ring (bicyclic) bond motifs is 1. The normalized spacial score (nSPS) is 16.1. The molecule has 2 amide bonds. The van der Waals surface area contributed by atoms with Gasteiger partial charge in [0.1, 0.15) is 18.2 Å². The zero-order valence-electron chi connectivity index (χ0n) is 18.7. The predicted octanol–water partition coefficient (Wildman–Crippen LogP) is 4.92. The molecular weight excluding hydrogens is 416 g/mol. The Bertz CT molecular complexity index is 1300. The molecule has 33 heavy (non-hydrogen) atoms. The Labute approximate surface area is 192 Å². The third-order valence-electron chi connectivity index (χ3n) is 5.90. The molecule has 5 rings (SSSR count). The lowest BCUT2D eigenvalue weighted by molar-refractivity contribution is -0.0147. The summed E-state index contributed by atoms with van der Waals surface area (Å²) in [6.07, 6.45) is 1.52. The first kappa shape index (κ1) is 21.0. The van der Waals surface area contributed by atoms with Crippen molar-refractivity contribution in [3.63, 3.8) is 0 Å². The number of pyridine rings is 1. The van der Waals surface area contributed by atoms with Gasteiger partial charge in [-0.1, -0.05) is 30.3 Å². The quantitative estimate of drug-likeness (QED) is 0.487. The van der Waals surface area contributed by atoms with Crippen molar-refractivity contribution < 1.29 is 14.3 Å². The van der Waals surface area contributed by atoms with E-state index < -0.39 is 0 Å². The number of nitrogens with zero attached hydrogens (tertiary/aromatic N) is 3. The zero-order valence-corrected chi connectivity index (χ0v) is 18.7. The first-order chi connectivity index (χ1) is 16.1. The fourth-order valence-electron chi connectivity index (χ4n) is 4.23. The van der Waals surface area contributed by atoms with Gasteiger partial charge in [-0.3, -0.25) is 4.40 Å². The second-order valence-electron chi connectivity index (χ2n) is 8.13. The molecule has 1 aliphatic rings. The number of nitrogens with one attached hydrogen (secondary N) is 1. The summed E-state index contributed by atoms with van der Waals surface area (Å²) in [5.74, 6) is 0.802. The van der Waals surface area contributed by atoms with E-state index in [4.69, 9.17) is 9.47 Å². The van der Waals surface area contributed by atoms with Gasteiger partial charge in [-0.15, -0.1) is 0 Å². The zero-order chi connectivity index (χ0) is 22.8. The van der Waals surface area contributed by atoms with Crippen LogP contribution in [0.2, 0.25) is 0 Å². The number of ether oxygens (including phenoxy) is 2. The van der Waals surface area contributed by atoms with E-state index in [2.05, 4.69) is 20.8 Å². The number of aryl methyl sites for hydroxylation is 1. The molecule has 0 unspecified atom stereocenters. The Hall–Kier alpha value is -3.84. The van der Waals surface area contributed by atoms with Crippen LogP contribution < -0.4 is 10.1 Å². The van der Waals surface area contributed by atoms with Crippen LogP contribution in [0.25, 0.3) is 16.8 Å². The molecule has 0 saturated carbocycles. The minimum absolute atomic E-state index is 0.130. The van der Waals surface area contributed by atoms with E-state index in [1.54, 1.807) is 12.0 Å². The Balaban J connectivity index is 1.39. The maximum atomic E-state index is 12.9. The summed E-state index contributed by atoms with van der Waals surface area (Å²) < 4.78 is 13.5. The van der Waals surface area contributed by atoms with E-state index in [1.165, 1.54) is 0 Å². The van der Waals surface area contributed by atoms with E-state index >= 15 is 0 Å².